The van der Waals surface area contributed by atoms with Crippen molar-refractivity contribution in [2.45, 2.75) is 26.2 Å². The van der Waals surface area contributed by atoms with E-state index in [2.05, 4.69) is 6.92 Å². The molecule has 0 saturated heterocycles. The van der Waals surface area contributed by atoms with E-state index in [-0.39, 0.29) is 28.6 Å². The van der Waals surface area contributed by atoms with Gasteiger partial charge in [-0.15, -0.1) is 0 Å². The molecule has 1 aliphatic rings. The Morgan fingerprint density at radius 1 is 1.08 bits per heavy atom. The third-order valence-electron chi connectivity index (χ3n) is 4.10. The number of Topliss-reactive ketones (excluding diaryl/α,β-unsaturated/α-hetero) is 1. The van der Waals surface area contributed by atoms with E-state index >= 15 is 0 Å². The van der Waals surface area contributed by atoms with Crippen molar-refractivity contribution in [1.82, 2.24) is 0 Å². The van der Waals surface area contributed by atoms with Crippen LogP contribution in [-0.2, 0) is 0 Å². The molecule has 0 spiro atoms. The molecule has 2 aromatic carbocycles. The molecule has 1 heterocycles. The van der Waals surface area contributed by atoms with Gasteiger partial charge in [-0.2, -0.15) is 0 Å². The van der Waals surface area contributed by atoms with Crippen molar-refractivity contribution < 1.29 is 29.6 Å². The van der Waals surface area contributed by atoms with Crippen molar-refractivity contribution in [2.75, 3.05) is 6.61 Å². The van der Waals surface area contributed by atoms with E-state index in [0.29, 0.717) is 17.9 Å². The second kappa shape index (κ2) is 7.39. The van der Waals surface area contributed by atoms with Crippen LogP contribution in [-0.4, -0.2) is 27.7 Å². The lowest BCUT2D eigenvalue weighted by atomic mass is 10.1. The zero-order chi connectivity index (χ0) is 18.7. The summed E-state index contributed by atoms with van der Waals surface area (Å²) in [6.07, 6.45) is 4.51. The number of allylic oxidation sites excluding steroid dienone is 1. The van der Waals surface area contributed by atoms with Crippen LogP contribution in [0.25, 0.3) is 6.08 Å². The highest BCUT2D eigenvalue weighted by Gasteiger charge is 2.31. The second-order valence-corrected chi connectivity index (χ2v) is 6.03. The highest BCUT2D eigenvalue weighted by molar-refractivity contribution is 6.15. The first-order valence-electron chi connectivity index (χ1n) is 8.46. The summed E-state index contributed by atoms with van der Waals surface area (Å²) < 4.78 is 10.9. The number of rotatable bonds is 6. The molecule has 6 nitrogen and oxygen atoms in total. The van der Waals surface area contributed by atoms with E-state index in [1.807, 2.05) is 0 Å². The maximum atomic E-state index is 12.4. The van der Waals surface area contributed by atoms with Crippen molar-refractivity contribution in [2.24, 2.45) is 0 Å². The third-order valence-corrected chi connectivity index (χ3v) is 4.10. The summed E-state index contributed by atoms with van der Waals surface area (Å²) in [5.74, 6) is -0.932. The smallest absolute Gasteiger partial charge is 0.232 e. The van der Waals surface area contributed by atoms with E-state index < -0.39 is 11.5 Å². The first-order chi connectivity index (χ1) is 12.5. The number of carbonyl (C=O) groups excluding carboxylic acids is 1. The molecule has 3 N–H and O–H groups in total. The predicted octanol–water partition coefficient (Wildman–Crippen LogP) is 3.99. The quantitative estimate of drug-likeness (QED) is 0.411. The van der Waals surface area contributed by atoms with Crippen LogP contribution >= 0.6 is 0 Å². The van der Waals surface area contributed by atoms with Crippen LogP contribution in [0.15, 0.2) is 36.1 Å². The Morgan fingerprint density at radius 3 is 2.62 bits per heavy atom. The fourth-order valence-electron chi connectivity index (χ4n) is 2.65. The van der Waals surface area contributed by atoms with Crippen molar-refractivity contribution in [1.29, 1.82) is 0 Å². The van der Waals surface area contributed by atoms with Gasteiger partial charge in [-0.05, 0) is 36.8 Å². The zero-order valence-corrected chi connectivity index (χ0v) is 14.4. The minimum atomic E-state index is -0.487. The summed E-state index contributed by atoms with van der Waals surface area (Å²) in [7, 11) is 0. The monoisotopic (exact) mass is 356 g/mol. The third kappa shape index (κ3) is 3.44. The van der Waals surface area contributed by atoms with Crippen LogP contribution in [0.1, 0.15) is 42.1 Å². The molecule has 0 bridgehead atoms. The van der Waals surface area contributed by atoms with Crippen LogP contribution < -0.4 is 9.47 Å². The fourth-order valence-corrected chi connectivity index (χ4v) is 2.65. The molecule has 0 fully saturated rings. The van der Waals surface area contributed by atoms with E-state index in [9.17, 15) is 20.1 Å². The van der Waals surface area contributed by atoms with Gasteiger partial charge in [0.05, 0.1) is 12.2 Å². The Labute approximate surface area is 150 Å². The Bertz CT molecular complexity index is 869. The van der Waals surface area contributed by atoms with Crippen molar-refractivity contribution in [3.05, 3.63) is 47.2 Å². The largest absolute Gasteiger partial charge is 0.507 e. The first kappa shape index (κ1) is 17.7. The van der Waals surface area contributed by atoms with Crippen LogP contribution in [0.4, 0.5) is 0 Å². The predicted molar refractivity (Wildman–Crippen MR) is 95.8 cm³/mol. The van der Waals surface area contributed by atoms with Crippen LogP contribution in [0.2, 0.25) is 0 Å². The number of aromatic hydroxyl groups is 3. The number of fused-ring (bicyclic) bond motifs is 1. The van der Waals surface area contributed by atoms with Crippen molar-refractivity contribution in [3.63, 3.8) is 0 Å². The molecular weight excluding hydrogens is 336 g/mol. The van der Waals surface area contributed by atoms with Gasteiger partial charge in [0.15, 0.2) is 17.3 Å². The summed E-state index contributed by atoms with van der Waals surface area (Å²) in [4.78, 5) is 12.4. The van der Waals surface area contributed by atoms with Crippen LogP contribution in [0.5, 0.6) is 28.7 Å². The highest BCUT2D eigenvalue weighted by atomic mass is 16.5. The zero-order valence-electron chi connectivity index (χ0n) is 14.4. The van der Waals surface area contributed by atoms with Gasteiger partial charge in [0.1, 0.15) is 11.5 Å². The van der Waals surface area contributed by atoms with Crippen molar-refractivity contribution in [3.8, 4) is 28.7 Å². The summed E-state index contributed by atoms with van der Waals surface area (Å²) in [6.45, 7) is 2.69. The Balaban J connectivity index is 1.78. The Kier molecular flexibility index (Phi) is 5.02. The second-order valence-electron chi connectivity index (χ2n) is 6.03. The minimum absolute atomic E-state index is 0.0483. The first-order valence-corrected chi connectivity index (χ1v) is 8.46. The molecule has 0 amide bonds. The molecular formula is C20H20O6. The molecule has 0 radical (unpaired) electrons. The molecule has 2 aromatic rings. The molecule has 136 valence electrons. The van der Waals surface area contributed by atoms with E-state index in [4.69, 9.17) is 9.47 Å². The van der Waals surface area contributed by atoms with E-state index in [1.165, 1.54) is 24.3 Å². The molecule has 6 heteroatoms. The number of hydrogen-bond acceptors (Lipinski definition) is 6. The van der Waals surface area contributed by atoms with E-state index in [1.54, 1.807) is 12.1 Å². The van der Waals surface area contributed by atoms with Crippen molar-refractivity contribution >= 4 is 11.9 Å². The topological polar surface area (TPSA) is 96.2 Å². The number of phenols is 3. The van der Waals surface area contributed by atoms with Gasteiger partial charge in [-0.3, -0.25) is 4.79 Å². The average molecular weight is 356 g/mol. The Hall–Kier alpha value is -3.15. The molecule has 0 atom stereocenters. The van der Waals surface area contributed by atoms with Crippen LogP contribution in [0.3, 0.4) is 0 Å². The number of phenolic OH excluding ortho intramolecular Hbond substituents is 3. The number of benzene rings is 2. The van der Waals surface area contributed by atoms with Gasteiger partial charge in [-0.25, -0.2) is 0 Å². The van der Waals surface area contributed by atoms with Crippen LogP contribution in [0, 0.1) is 0 Å². The fraction of sp³-hybridized carbons (Fsp3) is 0.250. The lowest BCUT2D eigenvalue weighted by Gasteiger charge is -2.08. The SMILES string of the molecule is CCCCCOc1ccc(/C=C2\Oc3c(ccc(O)c3O)C2=O)c(O)c1. The van der Waals surface area contributed by atoms with Gasteiger partial charge in [-0.1, -0.05) is 19.8 Å². The van der Waals surface area contributed by atoms with E-state index in [0.717, 1.165) is 19.3 Å². The summed E-state index contributed by atoms with van der Waals surface area (Å²) in [5.41, 5.74) is 0.535. The maximum absolute atomic E-state index is 12.4. The Morgan fingerprint density at radius 2 is 1.88 bits per heavy atom. The summed E-state index contributed by atoms with van der Waals surface area (Å²) >= 11 is 0. The standard InChI is InChI=1S/C20H20O6/c1-2-3-4-9-25-13-6-5-12(16(22)11-13)10-17-18(23)14-7-8-15(21)19(24)20(14)26-17/h5-8,10-11,21-22,24H,2-4,9H2,1H3/b17-10-. The molecule has 26 heavy (non-hydrogen) atoms. The summed E-state index contributed by atoms with van der Waals surface area (Å²) in [6, 6.07) is 7.40. The average Bonchev–Trinajstić information content (AvgIpc) is 2.94. The molecule has 0 saturated carbocycles. The lowest BCUT2D eigenvalue weighted by molar-refractivity contribution is 0.101. The number of ketones is 1. The molecule has 0 unspecified atom stereocenters. The van der Waals surface area contributed by atoms with Gasteiger partial charge >= 0.3 is 0 Å². The number of unbranched alkanes of at least 4 members (excludes halogenated alkanes) is 2. The minimum Gasteiger partial charge on any atom is -0.507 e. The molecule has 1 aliphatic heterocycles. The van der Waals surface area contributed by atoms with Gasteiger partial charge in [0, 0.05) is 11.6 Å². The normalized spacial score (nSPS) is 14.3. The molecule has 3 rings (SSSR count). The highest BCUT2D eigenvalue weighted by Crippen LogP contribution is 2.44. The number of hydrogen-bond donors (Lipinski definition) is 3. The number of ether oxygens (including phenoxy) is 2. The lowest BCUT2D eigenvalue weighted by Crippen LogP contribution is -1.99. The van der Waals surface area contributed by atoms with Gasteiger partial charge in [0.25, 0.3) is 0 Å². The van der Waals surface area contributed by atoms with Gasteiger partial charge < -0.3 is 24.8 Å². The summed E-state index contributed by atoms with van der Waals surface area (Å²) in [5, 5.41) is 29.5. The maximum Gasteiger partial charge on any atom is 0.232 e. The molecule has 0 aliphatic carbocycles. The molecule has 0 aromatic heterocycles. The number of carbonyl (C=O) groups is 1. The van der Waals surface area contributed by atoms with Gasteiger partial charge in [0.2, 0.25) is 11.5 Å².